The standard InChI is InChI=1S/C19H27FO4/c1-12(11-17(21)24-19(4,5)6)18(22)23-14(3)13(2)15-7-9-16(20)10-8-15/h7-10,12-14H,11H2,1-6H3/t12-,13-,14+/m0/s1. The molecule has 0 heterocycles. The van der Waals surface area contributed by atoms with Crippen LogP contribution in [0.3, 0.4) is 0 Å². The second-order valence-electron chi connectivity index (χ2n) is 7.17. The van der Waals surface area contributed by atoms with E-state index in [0.29, 0.717) is 0 Å². The quantitative estimate of drug-likeness (QED) is 0.729. The van der Waals surface area contributed by atoms with Crippen molar-refractivity contribution in [3.63, 3.8) is 0 Å². The normalized spacial score (nSPS) is 15.3. The fourth-order valence-electron chi connectivity index (χ4n) is 2.16. The summed E-state index contributed by atoms with van der Waals surface area (Å²) in [6, 6.07) is 6.11. The number of benzene rings is 1. The van der Waals surface area contributed by atoms with Crippen LogP contribution in [-0.2, 0) is 19.1 Å². The fraction of sp³-hybridized carbons (Fsp3) is 0.579. The molecule has 0 saturated carbocycles. The summed E-state index contributed by atoms with van der Waals surface area (Å²) in [6.07, 6.45) is -0.405. The predicted octanol–water partition coefficient (Wildman–Crippen LogP) is 4.23. The molecular formula is C19H27FO4. The number of halogens is 1. The van der Waals surface area contributed by atoms with Crippen LogP contribution in [0.2, 0.25) is 0 Å². The van der Waals surface area contributed by atoms with E-state index in [-0.39, 0.29) is 24.3 Å². The Hall–Kier alpha value is -1.91. The Morgan fingerprint density at radius 2 is 1.62 bits per heavy atom. The van der Waals surface area contributed by atoms with E-state index in [2.05, 4.69) is 0 Å². The monoisotopic (exact) mass is 338 g/mol. The molecule has 0 saturated heterocycles. The van der Waals surface area contributed by atoms with Crippen LogP contribution in [-0.4, -0.2) is 23.6 Å². The molecule has 0 aliphatic rings. The van der Waals surface area contributed by atoms with Crippen molar-refractivity contribution in [2.75, 3.05) is 0 Å². The molecule has 134 valence electrons. The highest BCUT2D eigenvalue weighted by molar-refractivity contribution is 5.79. The number of hydrogen-bond acceptors (Lipinski definition) is 4. The fourth-order valence-corrected chi connectivity index (χ4v) is 2.16. The van der Waals surface area contributed by atoms with E-state index < -0.39 is 23.5 Å². The van der Waals surface area contributed by atoms with E-state index in [4.69, 9.17) is 9.47 Å². The van der Waals surface area contributed by atoms with E-state index in [1.54, 1.807) is 46.8 Å². The minimum absolute atomic E-state index is 0.0201. The van der Waals surface area contributed by atoms with E-state index in [1.807, 2.05) is 6.92 Å². The third kappa shape index (κ3) is 6.69. The highest BCUT2D eigenvalue weighted by atomic mass is 19.1. The van der Waals surface area contributed by atoms with Crippen molar-refractivity contribution in [1.82, 2.24) is 0 Å². The maximum Gasteiger partial charge on any atom is 0.309 e. The van der Waals surface area contributed by atoms with Crippen molar-refractivity contribution in [2.24, 2.45) is 5.92 Å². The lowest BCUT2D eigenvalue weighted by Crippen LogP contribution is -2.29. The van der Waals surface area contributed by atoms with Crippen LogP contribution >= 0.6 is 0 Å². The van der Waals surface area contributed by atoms with Crippen LogP contribution in [0.4, 0.5) is 4.39 Å². The zero-order chi connectivity index (χ0) is 18.5. The molecule has 24 heavy (non-hydrogen) atoms. The summed E-state index contributed by atoms with van der Waals surface area (Å²) in [4.78, 5) is 23.9. The van der Waals surface area contributed by atoms with Gasteiger partial charge < -0.3 is 9.47 Å². The molecule has 5 heteroatoms. The molecule has 1 aromatic carbocycles. The van der Waals surface area contributed by atoms with Gasteiger partial charge in [-0.15, -0.1) is 0 Å². The molecule has 0 spiro atoms. The maximum atomic E-state index is 13.0. The molecule has 0 radical (unpaired) electrons. The Bertz CT molecular complexity index is 560. The Labute approximate surface area is 143 Å². The topological polar surface area (TPSA) is 52.6 Å². The summed E-state index contributed by atoms with van der Waals surface area (Å²) in [5, 5.41) is 0. The van der Waals surface area contributed by atoms with Crippen LogP contribution in [0.25, 0.3) is 0 Å². The number of ether oxygens (including phenoxy) is 2. The molecule has 1 aromatic rings. The van der Waals surface area contributed by atoms with Gasteiger partial charge in [0, 0.05) is 5.92 Å². The van der Waals surface area contributed by atoms with E-state index in [0.717, 1.165) is 5.56 Å². The van der Waals surface area contributed by atoms with E-state index >= 15 is 0 Å². The van der Waals surface area contributed by atoms with Crippen LogP contribution in [0.5, 0.6) is 0 Å². The zero-order valence-electron chi connectivity index (χ0n) is 15.3. The maximum absolute atomic E-state index is 13.0. The Morgan fingerprint density at radius 1 is 1.08 bits per heavy atom. The second-order valence-corrected chi connectivity index (χ2v) is 7.17. The molecule has 0 fully saturated rings. The number of hydrogen-bond donors (Lipinski definition) is 0. The Kier molecular flexibility index (Phi) is 6.93. The van der Waals surface area contributed by atoms with Crippen LogP contribution in [0, 0.1) is 11.7 Å². The summed E-state index contributed by atoms with van der Waals surface area (Å²) < 4.78 is 23.6. The molecule has 0 bridgehead atoms. The van der Waals surface area contributed by atoms with E-state index in [1.165, 1.54) is 12.1 Å². The van der Waals surface area contributed by atoms with Crippen molar-refractivity contribution in [3.8, 4) is 0 Å². The predicted molar refractivity (Wildman–Crippen MR) is 90.0 cm³/mol. The van der Waals surface area contributed by atoms with Gasteiger partial charge in [0.05, 0.1) is 12.3 Å². The van der Waals surface area contributed by atoms with Crippen molar-refractivity contribution >= 4 is 11.9 Å². The van der Waals surface area contributed by atoms with Crippen LogP contribution in [0.15, 0.2) is 24.3 Å². The van der Waals surface area contributed by atoms with E-state index in [9.17, 15) is 14.0 Å². The molecule has 1 rings (SSSR count). The molecule has 0 aromatic heterocycles. The van der Waals surface area contributed by atoms with Gasteiger partial charge in [-0.3, -0.25) is 9.59 Å². The summed E-state index contributed by atoms with van der Waals surface area (Å²) in [5.74, 6) is -1.83. The highest BCUT2D eigenvalue weighted by Crippen LogP contribution is 2.23. The van der Waals surface area contributed by atoms with Gasteiger partial charge in [-0.25, -0.2) is 4.39 Å². The lowest BCUT2D eigenvalue weighted by atomic mass is 9.96. The highest BCUT2D eigenvalue weighted by Gasteiger charge is 2.26. The summed E-state index contributed by atoms with van der Waals surface area (Å²) in [6.45, 7) is 10.7. The van der Waals surface area contributed by atoms with Crippen LogP contribution < -0.4 is 0 Å². The molecule has 0 aliphatic heterocycles. The summed E-state index contributed by atoms with van der Waals surface area (Å²) >= 11 is 0. The van der Waals surface area contributed by atoms with Gasteiger partial charge >= 0.3 is 11.9 Å². The second kappa shape index (κ2) is 8.27. The third-order valence-corrected chi connectivity index (χ3v) is 3.70. The average Bonchev–Trinajstić information content (AvgIpc) is 2.44. The largest absolute Gasteiger partial charge is 0.462 e. The SMILES string of the molecule is C[C@H](c1ccc(F)cc1)[C@@H](C)OC(=O)[C@@H](C)CC(=O)OC(C)(C)C. The molecular weight excluding hydrogens is 311 g/mol. The third-order valence-electron chi connectivity index (χ3n) is 3.70. The van der Waals surface area contributed by atoms with Crippen LogP contribution in [0.1, 0.15) is 59.4 Å². The lowest BCUT2D eigenvalue weighted by molar-refractivity contribution is -0.163. The lowest BCUT2D eigenvalue weighted by Gasteiger charge is -2.23. The summed E-state index contributed by atoms with van der Waals surface area (Å²) in [5.41, 5.74) is 0.307. The van der Waals surface area contributed by atoms with Crippen molar-refractivity contribution in [1.29, 1.82) is 0 Å². The Morgan fingerprint density at radius 3 is 2.12 bits per heavy atom. The number of carbonyl (C=O) groups is 2. The van der Waals surface area contributed by atoms with Gasteiger partial charge in [0.15, 0.2) is 0 Å². The van der Waals surface area contributed by atoms with Gasteiger partial charge in [-0.1, -0.05) is 26.0 Å². The first-order valence-electron chi connectivity index (χ1n) is 8.17. The Balaban J connectivity index is 2.56. The number of esters is 2. The molecule has 0 aliphatic carbocycles. The number of carbonyl (C=O) groups excluding carboxylic acids is 2. The zero-order valence-corrected chi connectivity index (χ0v) is 15.3. The molecule has 3 atom stereocenters. The van der Waals surface area contributed by atoms with Gasteiger partial charge in [0.1, 0.15) is 17.5 Å². The van der Waals surface area contributed by atoms with Crippen molar-refractivity contribution in [3.05, 3.63) is 35.6 Å². The van der Waals surface area contributed by atoms with Gasteiger partial charge in [0.25, 0.3) is 0 Å². The first-order valence-corrected chi connectivity index (χ1v) is 8.17. The smallest absolute Gasteiger partial charge is 0.309 e. The molecule has 4 nitrogen and oxygen atoms in total. The molecule has 0 unspecified atom stereocenters. The number of rotatable bonds is 6. The van der Waals surface area contributed by atoms with Crippen molar-refractivity contribution in [2.45, 2.75) is 65.6 Å². The van der Waals surface area contributed by atoms with Crippen molar-refractivity contribution < 1.29 is 23.5 Å². The van der Waals surface area contributed by atoms with Gasteiger partial charge in [-0.05, 0) is 45.4 Å². The minimum atomic E-state index is -0.581. The molecule has 0 amide bonds. The van der Waals surface area contributed by atoms with Gasteiger partial charge in [0.2, 0.25) is 0 Å². The summed E-state index contributed by atoms with van der Waals surface area (Å²) in [7, 11) is 0. The first-order chi connectivity index (χ1) is 11.0. The first kappa shape index (κ1) is 20.1. The minimum Gasteiger partial charge on any atom is -0.462 e. The van der Waals surface area contributed by atoms with Gasteiger partial charge in [-0.2, -0.15) is 0 Å². The average molecular weight is 338 g/mol. The molecule has 0 N–H and O–H groups in total.